The zero-order valence-electron chi connectivity index (χ0n) is 10.4. The monoisotopic (exact) mass is 225 g/mol. The van der Waals surface area contributed by atoms with E-state index in [0.29, 0.717) is 11.8 Å². The molecule has 3 nitrogen and oxygen atoms in total. The Morgan fingerprint density at radius 1 is 1.38 bits per heavy atom. The summed E-state index contributed by atoms with van der Waals surface area (Å²) in [5, 5.41) is 0. The van der Waals surface area contributed by atoms with Gasteiger partial charge >= 0.3 is 0 Å². The number of Topliss-reactive ketones (excluding diaryl/α,β-unsaturated/α-hetero) is 1. The largest absolute Gasteiger partial charge is 0.381 e. The van der Waals surface area contributed by atoms with Crippen LogP contribution < -0.4 is 0 Å². The fraction of sp³-hybridized carbons (Fsp3) is 0.923. The maximum absolute atomic E-state index is 11.5. The fourth-order valence-corrected chi connectivity index (χ4v) is 2.91. The number of hydrogen-bond acceptors (Lipinski definition) is 3. The van der Waals surface area contributed by atoms with E-state index in [1.54, 1.807) is 0 Å². The highest BCUT2D eigenvalue weighted by Crippen LogP contribution is 2.25. The summed E-state index contributed by atoms with van der Waals surface area (Å²) in [4.78, 5) is 14.0. The molecule has 16 heavy (non-hydrogen) atoms. The number of hydrogen-bond donors (Lipinski definition) is 0. The van der Waals surface area contributed by atoms with Crippen LogP contribution in [0.3, 0.4) is 0 Å². The molecule has 2 fully saturated rings. The average molecular weight is 225 g/mol. The number of carbonyl (C=O) groups excluding carboxylic acids is 1. The maximum Gasteiger partial charge on any atom is 0.138 e. The molecule has 0 aliphatic carbocycles. The van der Waals surface area contributed by atoms with E-state index >= 15 is 0 Å². The minimum Gasteiger partial charge on any atom is -0.381 e. The number of carbonyl (C=O) groups is 1. The Kier molecular flexibility index (Phi) is 3.98. The van der Waals surface area contributed by atoms with E-state index in [-0.39, 0.29) is 5.92 Å². The lowest BCUT2D eigenvalue weighted by atomic mass is 9.89. The lowest BCUT2D eigenvalue weighted by molar-refractivity contribution is -0.126. The van der Waals surface area contributed by atoms with Crippen molar-refractivity contribution in [3.05, 3.63) is 0 Å². The zero-order valence-corrected chi connectivity index (χ0v) is 10.4. The summed E-state index contributed by atoms with van der Waals surface area (Å²) in [6.07, 6.45) is 3.11. The molecule has 3 heteroatoms. The van der Waals surface area contributed by atoms with Gasteiger partial charge in [-0.3, -0.25) is 9.69 Å². The van der Waals surface area contributed by atoms with Gasteiger partial charge in [0.25, 0.3) is 0 Å². The minimum absolute atomic E-state index is 0.232. The minimum atomic E-state index is 0.232. The second kappa shape index (κ2) is 5.28. The van der Waals surface area contributed by atoms with Crippen molar-refractivity contribution in [2.24, 2.45) is 11.8 Å². The zero-order chi connectivity index (χ0) is 11.5. The van der Waals surface area contributed by atoms with Crippen LogP contribution in [0.5, 0.6) is 0 Å². The number of piperidine rings is 1. The summed E-state index contributed by atoms with van der Waals surface area (Å²) in [7, 11) is 0. The Hall–Kier alpha value is -0.410. The van der Waals surface area contributed by atoms with E-state index in [1.165, 1.54) is 12.8 Å². The second-order valence-electron chi connectivity index (χ2n) is 5.30. The number of likely N-dealkylation sites (tertiary alicyclic amines) is 1. The highest BCUT2D eigenvalue weighted by molar-refractivity contribution is 5.81. The fourth-order valence-electron chi connectivity index (χ4n) is 2.91. The van der Waals surface area contributed by atoms with Crippen molar-refractivity contribution in [1.82, 2.24) is 4.90 Å². The molecule has 0 amide bonds. The smallest absolute Gasteiger partial charge is 0.138 e. The lowest BCUT2D eigenvalue weighted by Gasteiger charge is -2.40. The normalized spacial score (nSPS) is 31.6. The first-order valence-corrected chi connectivity index (χ1v) is 6.53. The molecule has 2 aliphatic heterocycles. The van der Waals surface area contributed by atoms with Crippen molar-refractivity contribution in [1.29, 1.82) is 0 Å². The van der Waals surface area contributed by atoms with Crippen LogP contribution in [0.25, 0.3) is 0 Å². The van der Waals surface area contributed by atoms with Gasteiger partial charge in [0, 0.05) is 44.7 Å². The Bertz CT molecular complexity index is 248. The summed E-state index contributed by atoms with van der Waals surface area (Å²) in [5.74, 6) is 1.43. The number of nitrogens with zero attached hydrogens (tertiary/aromatic N) is 1. The van der Waals surface area contributed by atoms with Gasteiger partial charge in [0.05, 0.1) is 0 Å². The summed E-state index contributed by atoms with van der Waals surface area (Å²) in [6.45, 7) is 8.12. The van der Waals surface area contributed by atoms with Gasteiger partial charge in [-0.25, -0.2) is 0 Å². The van der Waals surface area contributed by atoms with Crippen LogP contribution in [-0.2, 0) is 9.53 Å². The van der Waals surface area contributed by atoms with Crippen LogP contribution in [0.1, 0.15) is 33.1 Å². The molecule has 0 spiro atoms. The van der Waals surface area contributed by atoms with E-state index in [9.17, 15) is 4.79 Å². The highest BCUT2D eigenvalue weighted by Gasteiger charge is 2.30. The first-order valence-electron chi connectivity index (χ1n) is 6.53. The van der Waals surface area contributed by atoms with Crippen molar-refractivity contribution in [3.8, 4) is 0 Å². The Morgan fingerprint density at radius 2 is 2.06 bits per heavy atom. The van der Waals surface area contributed by atoms with Gasteiger partial charge in [-0.1, -0.05) is 6.92 Å². The Balaban J connectivity index is 1.88. The summed E-state index contributed by atoms with van der Waals surface area (Å²) in [6, 6.07) is 0.611. The van der Waals surface area contributed by atoms with Gasteiger partial charge in [-0.05, 0) is 25.7 Å². The molecule has 0 saturated carbocycles. The van der Waals surface area contributed by atoms with E-state index in [4.69, 9.17) is 4.74 Å². The van der Waals surface area contributed by atoms with Crippen LogP contribution in [0.15, 0.2) is 0 Å². The van der Waals surface area contributed by atoms with E-state index in [2.05, 4.69) is 18.7 Å². The molecule has 0 aromatic rings. The SMILES string of the molecule is CC1CN(C(C)C2CCOCC2)CCC1=O. The van der Waals surface area contributed by atoms with Gasteiger partial charge in [-0.15, -0.1) is 0 Å². The molecular formula is C13H23NO2. The van der Waals surface area contributed by atoms with Crippen molar-refractivity contribution in [2.75, 3.05) is 26.3 Å². The van der Waals surface area contributed by atoms with Gasteiger partial charge < -0.3 is 4.74 Å². The third-order valence-electron chi connectivity index (χ3n) is 4.23. The van der Waals surface area contributed by atoms with Crippen LogP contribution in [0.4, 0.5) is 0 Å². The van der Waals surface area contributed by atoms with Gasteiger partial charge in [0.2, 0.25) is 0 Å². The maximum atomic E-state index is 11.5. The molecule has 2 unspecified atom stereocenters. The van der Waals surface area contributed by atoms with E-state index < -0.39 is 0 Å². The molecule has 0 aromatic carbocycles. The summed E-state index contributed by atoms with van der Waals surface area (Å²) in [5.41, 5.74) is 0. The second-order valence-corrected chi connectivity index (χ2v) is 5.30. The van der Waals surface area contributed by atoms with Crippen LogP contribution >= 0.6 is 0 Å². The van der Waals surface area contributed by atoms with Crippen LogP contribution in [-0.4, -0.2) is 43.0 Å². The lowest BCUT2D eigenvalue weighted by Crippen LogP contribution is -2.48. The predicted molar refractivity (Wildman–Crippen MR) is 63.4 cm³/mol. The summed E-state index contributed by atoms with van der Waals surface area (Å²) >= 11 is 0. The topological polar surface area (TPSA) is 29.5 Å². The van der Waals surface area contributed by atoms with Crippen LogP contribution in [0.2, 0.25) is 0 Å². The average Bonchev–Trinajstić information content (AvgIpc) is 2.33. The number of ketones is 1. The van der Waals surface area contributed by atoms with Crippen molar-refractivity contribution in [3.63, 3.8) is 0 Å². The van der Waals surface area contributed by atoms with Crippen molar-refractivity contribution < 1.29 is 9.53 Å². The number of ether oxygens (including phenoxy) is 1. The van der Waals surface area contributed by atoms with Crippen molar-refractivity contribution in [2.45, 2.75) is 39.2 Å². The Labute approximate surface area is 98.1 Å². The number of rotatable bonds is 2. The molecule has 2 atom stereocenters. The Morgan fingerprint density at radius 3 is 2.69 bits per heavy atom. The quantitative estimate of drug-likeness (QED) is 0.716. The first-order chi connectivity index (χ1) is 7.68. The van der Waals surface area contributed by atoms with E-state index in [0.717, 1.165) is 38.6 Å². The molecule has 2 heterocycles. The van der Waals surface area contributed by atoms with Crippen molar-refractivity contribution >= 4 is 5.78 Å². The van der Waals surface area contributed by atoms with Gasteiger partial charge in [0.15, 0.2) is 0 Å². The van der Waals surface area contributed by atoms with Gasteiger partial charge in [-0.2, -0.15) is 0 Å². The first kappa shape index (κ1) is 12.1. The molecule has 2 saturated heterocycles. The molecule has 2 aliphatic rings. The van der Waals surface area contributed by atoms with E-state index in [1.807, 2.05) is 0 Å². The molecule has 2 rings (SSSR count). The van der Waals surface area contributed by atoms with Crippen LogP contribution in [0, 0.1) is 11.8 Å². The summed E-state index contributed by atoms with van der Waals surface area (Å²) < 4.78 is 5.40. The molecule has 0 bridgehead atoms. The molecule has 0 N–H and O–H groups in total. The highest BCUT2D eigenvalue weighted by atomic mass is 16.5. The standard InChI is InChI=1S/C13H23NO2/c1-10-9-14(6-3-13(10)15)11(2)12-4-7-16-8-5-12/h10-12H,3-9H2,1-2H3. The molecule has 0 aromatic heterocycles. The molecule has 92 valence electrons. The third-order valence-corrected chi connectivity index (χ3v) is 4.23. The van der Waals surface area contributed by atoms with Gasteiger partial charge in [0.1, 0.15) is 5.78 Å². The predicted octanol–water partition coefficient (Wildman–Crippen LogP) is 1.71. The molecule has 0 radical (unpaired) electrons. The third kappa shape index (κ3) is 2.64. The molecular weight excluding hydrogens is 202 g/mol.